The van der Waals surface area contributed by atoms with Gasteiger partial charge in [-0.3, -0.25) is 0 Å². The molecule has 3 rings (SSSR count). The van der Waals surface area contributed by atoms with E-state index in [1.165, 1.54) is 15.9 Å². The predicted octanol–water partition coefficient (Wildman–Crippen LogP) is 3.60. The maximum absolute atomic E-state index is 7.25. The van der Waals surface area contributed by atoms with Gasteiger partial charge >= 0.3 is 144 Å². The van der Waals surface area contributed by atoms with E-state index in [1.54, 1.807) is 0 Å². The summed E-state index contributed by atoms with van der Waals surface area (Å²) in [6.45, 7) is -2.41. The molecule has 0 radical (unpaired) electrons. The third-order valence-corrected chi connectivity index (χ3v) is 8.87. The van der Waals surface area contributed by atoms with Crippen LogP contribution in [0.15, 0.2) is 91.0 Å². The van der Waals surface area contributed by atoms with Gasteiger partial charge in [0.25, 0.3) is 0 Å². The summed E-state index contributed by atoms with van der Waals surface area (Å²) in [7, 11) is 0. The van der Waals surface area contributed by atoms with Crippen LogP contribution in [-0.4, -0.2) is 0 Å². The summed E-state index contributed by atoms with van der Waals surface area (Å²) in [6.07, 6.45) is 0. The zero-order valence-corrected chi connectivity index (χ0v) is 15.0. The Labute approximate surface area is 144 Å². The fourth-order valence-electron chi connectivity index (χ4n) is 2.50. The Morgan fingerprint density at radius 2 is 0.714 bits per heavy atom. The molecule has 3 aromatic rings. The third-order valence-electron chi connectivity index (χ3n) is 3.51. The molecule has 0 aliphatic heterocycles. The standard InChI is InChI=1S/C18H16ClP.Ru.H/c19-20(16-10-4-1-5-11-16,17-12-6-2-7-13-17)18-14-8-3-9-15-18;;/h1-15,20H;;. The van der Waals surface area contributed by atoms with Crippen molar-refractivity contribution in [3.8, 4) is 0 Å². The number of halogens is 1. The third kappa shape index (κ3) is 3.27. The molecule has 0 heterocycles. The average molecular weight is 401 g/mol. The number of benzene rings is 3. The van der Waals surface area contributed by atoms with Gasteiger partial charge in [-0.1, -0.05) is 0 Å². The van der Waals surface area contributed by atoms with Gasteiger partial charge in [0.15, 0.2) is 0 Å². The first-order chi connectivity index (χ1) is 9.82. The molecule has 0 aliphatic carbocycles. The van der Waals surface area contributed by atoms with Crippen LogP contribution < -0.4 is 15.9 Å². The van der Waals surface area contributed by atoms with Gasteiger partial charge in [0.1, 0.15) is 0 Å². The zero-order valence-electron chi connectivity index (χ0n) is 11.4. The zero-order chi connectivity index (χ0) is 13.8. The molecule has 0 saturated carbocycles. The predicted molar refractivity (Wildman–Crippen MR) is 93.8 cm³/mol. The Kier molecular flexibility index (Phi) is 5.71. The Bertz CT molecular complexity index is 575. The summed E-state index contributed by atoms with van der Waals surface area (Å²) < 4.78 is 0. The van der Waals surface area contributed by atoms with Crippen molar-refractivity contribution in [3.05, 3.63) is 91.0 Å². The minimum atomic E-state index is -2.41. The molecule has 0 aromatic heterocycles. The van der Waals surface area contributed by atoms with Crippen LogP contribution in [0.5, 0.6) is 0 Å². The second-order valence-corrected chi connectivity index (χ2v) is 9.51. The molecule has 0 N–H and O–H groups in total. The van der Waals surface area contributed by atoms with Crippen molar-refractivity contribution in [1.29, 1.82) is 0 Å². The van der Waals surface area contributed by atoms with Crippen molar-refractivity contribution in [1.82, 2.24) is 0 Å². The quantitative estimate of drug-likeness (QED) is 0.465. The molecule has 3 aromatic carbocycles. The second-order valence-electron chi connectivity index (χ2n) is 4.76. The van der Waals surface area contributed by atoms with E-state index in [9.17, 15) is 0 Å². The summed E-state index contributed by atoms with van der Waals surface area (Å²) in [5.41, 5.74) is 0. The molecule has 0 spiro atoms. The van der Waals surface area contributed by atoms with Crippen LogP contribution >= 0.6 is 17.9 Å². The van der Waals surface area contributed by atoms with Crippen molar-refractivity contribution in [2.75, 3.05) is 0 Å². The monoisotopic (exact) mass is 401 g/mol. The minimum absolute atomic E-state index is 0. The van der Waals surface area contributed by atoms with E-state index in [4.69, 9.17) is 11.2 Å². The van der Waals surface area contributed by atoms with Crippen LogP contribution in [0.2, 0.25) is 0 Å². The van der Waals surface area contributed by atoms with E-state index in [0.29, 0.717) is 0 Å². The molecule has 0 unspecified atom stereocenters. The number of rotatable bonds is 3. The first kappa shape index (κ1) is 16.4. The van der Waals surface area contributed by atoms with Crippen molar-refractivity contribution in [2.24, 2.45) is 0 Å². The van der Waals surface area contributed by atoms with Crippen molar-refractivity contribution >= 4 is 33.8 Å². The molecule has 3 heteroatoms. The van der Waals surface area contributed by atoms with E-state index in [-0.39, 0.29) is 19.5 Å². The van der Waals surface area contributed by atoms with Crippen LogP contribution in [0.1, 0.15) is 0 Å². The van der Waals surface area contributed by atoms with E-state index < -0.39 is 6.62 Å². The molecule has 0 aliphatic rings. The first-order valence-electron chi connectivity index (χ1n) is 6.67. The SMILES string of the molecule is Cl[PH](c1ccccc1)(c1ccccc1)c1ccccc1.[RuH]. The number of hydrogen-bond acceptors (Lipinski definition) is 0. The first-order valence-corrected chi connectivity index (χ1v) is 9.68. The Hall–Kier alpha value is -0.997. The van der Waals surface area contributed by atoms with E-state index >= 15 is 0 Å². The normalized spacial score (nSPS) is 11.5. The summed E-state index contributed by atoms with van der Waals surface area (Å²) >= 11 is 7.25. The van der Waals surface area contributed by atoms with Gasteiger partial charge in [0.05, 0.1) is 0 Å². The molecular weight excluding hydrogens is 384 g/mol. The fourth-order valence-corrected chi connectivity index (χ4v) is 6.59. The summed E-state index contributed by atoms with van der Waals surface area (Å²) in [6, 6.07) is 31.3. The van der Waals surface area contributed by atoms with Crippen molar-refractivity contribution in [3.63, 3.8) is 0 Å². The molecule has 109 valence electrons. The summed E-state index contributed by atoms with van der Waals surface area (Å²) in [5, 5.41) is 3.66. The Morgan fingerprint density at radius 1 is 0.476 bits per heavy atom. The van der Waals surface area contributed by atoms with E-state index in [2.05, 4.69) is 72.8 Å². The van der Waals surface area contributed by atoms with Crippen LogP contribution in [0.25, 0.3) is 0 Å². The molecule has 0 bridgehead atoms. The van der Waals surface area contributed by atoms with E-state index in [1.807, 2.05) is 18.2 Å². The fraction of sp³-hybridized carbons (Fsp3) is 0. The summed E-state index contributed by atoms with van der Waals surface area (Å²) in [4.78, 5) is 0. The molecular formula is C18H17ClPRu. The van der Waals surface area contributed by atoms with Crippen molar-refractivity contribution < 1.29 is 19.5 Å². The van der Waals surface area contributed by atoms with Crippen LogP contribution in [-0.2, 0) is 19.5 Å². The molecule has 0 nitrogen and oxygen atoms in total. The second kappa shape index (κ2) is 7.32. The van der Waals surface area contributed by atoms with Crippen LogP contribution in [0.4, 0.5) is 0 Å². The molecule has 21 heavy (non-hydrogen) atoms. The van der Waals surface area contributed by atoms with Crippen molar-refractivity contribution in [2.45, 2.75) is 0 Å². The topological polar surface area (TPSA) is 0 Å². The maximum atomic E-state index is 7.25. The van der Waals surface area contributed by atoms with Gasteiger partial charge in [-0.2, -0.15) is 0 Å². The van der Waals surface area contributed by atoms with E-state index in [0.717, 1.165) is 0 Å². The Balaban J connectivity index is 0.00000161. The molecule has 0 fully saturated rings. The van der Waals surface area contributed by atoms with Gasteiger partial charge in [-0.15, -0.1) is 0 Å². The average Bonchev–Trinajstić information content (AvgIpc) is 2.56. The van der Waals surface area contributed by atoms with Crippen LogP contribution in [0.3, 0.4) is 0 Å². The molecule has 0 atom stereocenters. The van der Waals surface area contributed by atoms with Crippen LogP contribution in [0, 0.1) is 0 Å². The summed E-state index contributed by atoms with van der Waals surface area (Å²) in [5.74, 6) is 0. The van der Waals surface area contributed by atoms with Gasteiger partial charge in [-0.25, -0.2) is 0 Å². The van der Waals surface area contributed by atoms with Gasteiger partial charge in [0, 0.05) is 0 Å². The van der Waals surface area contributed by atoms with Gasteiger partial charge in [0.2, 0.25) is 0 Å². The molecule has 0 amide bonds. The van der Waals surface area contributed by atoms with Gasteiger partial charge < -0.3 is 0 Å². The Morgan fingerprint density at radius 3 is 0.952 bits per heavy atom. The van der Waals surface area contributed by atoms with Gasteiger partial charge in [-0.05, 0) is 0 Å². The number of hydrogen-bond donors (Lipinski definition) is 0. The molecule has 0 saturated heterocycles.